The monoisotopic (exact) mass is 306 g/mol. The first-order valence-electron chi connectivity index (χ1n) is 7.68. The first kappa shape index (κ1) is 16.4. The highest BCUT2D eigenvalue weighted by Gasteiger charge is 2.29. The van der Waals surface area contributed by atoms with Crippen LogP contribution in [0, 0.1) is 0 Å². The molecule has 2 N–H and O–H groups in total. The van der Waals surface area contributed by atoms with E-state index in [1.165, 1.54) is 12.2 Å². The van der Waals surface area contributed by atoms with Gasteiger partial charge in [-0.15, -0.1) is 0 Å². The lowest BCUT2D eigenvalue weighted by Gasteiger charge is -2.28. The van der Waals surface area contributed by atoms with Crippen molar-refractivity contribution in [3.63, 3.8) is 0 Å². The summed E-state index contributed by atoms with van der Waals surface area (Å²) in [6.07, 6.45) is 10.4. The molecule has 22 heavy (non-hydrogen) atoms. The first-order chi connectivity index (χ1) is 10.5. The van der Waals surface area contributed by atoms with Crippen LogP contribution >= 0.6 is 0 Å². The predicted octanol–water partition coefficient (Wildman–Crippen LogP) is 0.669. The van der Waals surface area contributed by atoms with Crippen LogP contribution in [0.15, 0.2) is 24.3 Å². The van der Waals surface area contributed by atoms with Crippen molar-refractivity contribution in [1.29, 1.82) is 0 Å². The molecule has 6 heteroatoms. The number of aliphatic hydroxyl groups is 1. The predicted molar refractivity (Wildman–Crippen MR) is 80.7 cm³/mol. The molecule has 0 radical (unpaired) electrons. The van der Waals surface area contributed by atoms with Gasteiger partial charge in [-0.05, 0) is 32.1 Å². The van der Waals surface area contributed by atoms with Crippen LogP contribution in [0.4, 0.5) is 0 Å². The highest BCUT2D eigenvalue weighted by Crippen LogP contribution is 2.26. The van der Waals surface area contributed by atoms with E-state index >= 15 is 0 Å². The molecule has 1 heterocycles. The van der Waals surface area contributed by atoms with Crippen molar-refractivity contribution < 1.29 is 19.5 Å². The number of nitrogens with zero attached hydrogens (tertiary/aromatic N) is 1. The fourth-order valence-corrected chi connectivity index (χ4v) is 2.76. The van der Waals surface area contributed by atoms with Gasteiger partial charge in [-0.25, -0.2) is 0 Å². The number of allylic oxidation sites excluding steroid dienone is 2. The van der Waals surface area contributed by atoms with E-state index in [9.17, 15) is 19.5 Å². The summed E-state index contributed by atoms with van der Waals surface area (Å²) in [5.74, 6) is -0.964. The molecule has 0 aromatic heterocycles. The van der Waals surface area contributed by atoms with Crippen molar-refractivity contribution in [2.45, 2.75) is 44.1 Å². The molecule has 1 unspecified atom stereocenters. The van der Waals surface area contributed by atoms with Gasteiger partial charge in [0.25, 0.3) is 11.8 Å². The van der Waals surface area contributed by atoms with E-state index in [2.05, 4.69) is 11.4 Å². The van der Waals surface area contributed by atoms with E-state index in [0.29, 0.717) is 12.8 Å². The maximum atomic E-state index is 12.0. The van der Waals surface area contributed by atoms with Crippen molar-refractivity contribution >= 4 is 17.7 Å². The van der Waals surface area contributed by atoms with Crippen LogP contribution in [0.1, 0.15) is 38.5 Å². The maximum Gasteiger partial charge on any atom is 0.253 e. The van der Waals surface area contributed by atoms with Crippen LogP contribution in [-0.4, -0.2) is 46.4 Å². The molecular weight excluding hydrogens is 284 g/mol. The summed E-state index contributed by atoms with van der Waals surface area (Å²) in [6.45, 7) is 0.353. The Balaban J connectivity index is 1.74. The SMILES string of the molecule is O=C(CC1(O)CC/C=C\CCC1)NCCN1C(=O)C=CC1=O. The molecule has 0 saturated heterocycles. The molecule has 0 aromatic rings. The van der Waals surface area contributed by atoms with Crippen molar-refractivity contribution in [1.82, 2.24) is 10.2 Å². The minimum absolute atomic E-state index is 0.0565. The number of rotatable bonds is 5. The number of imide groups is 1. The third-order valence-electron chi connectivity index (χ3n) is 4.00. The molecule has 3 amide bonds. The van der Waals surface area contributed by atoms with Gasteiger partial charge in [0.05, 0.1) is 12.0 Å². The van der Waals surface area contributed by atoms with Crippen LogP contribution in [-0.2, 0) is 14.4 Å². The summed E-state index contributed by atoms with van der Waals surface area (Å²) in [5.41, 5.74) is -0.963. The molecule has 1 atom stereocenters. The molecule has 6 nitrogen and oxygen atoms in total. The topological polar surface area (TPSA) is 86.7 Å². The lowest BCUT2D eigenvalue weighted by atomic mass is 9.86. The number of hydrogen-bond acceptors (Lipinski definition) is 4. The second-order valence-corrected chi connectivity index (χ2v) is 5.81. The Morgan fingerprint density at radius 3 is 2.59 bits per heavy atom. The average Bonchev–Trinajstić information content (AvgIpc) is 2.75. The van der Waals surface area contributed by atoms with Gasteiger partial charge in [0.15, 0.2) is 0 Å². The van der Waals surface area contributed by atoms with E-state index in [4.69, 9.17) is 0 Å². The molecule has 2 aliphatic rings. The molecule has 0 aromatic carbocycles. The van der Waals surface area contributed by atoms with Crippen molar-refractivity contribution in [3.8, 4) is 0 Å². The van der Waals surface area contributed by atoms with Gasteiger partial charge in [0.2, 0.25) is 5.91 Å². The Morgan fingerprint density at radius 2 is 1.86 bits per heavy atom. The van der Waals surface area contributed by atoms with Gasteiger partial charge in [0, 0.05) is 25.2 Å². The van der Waals surface area contributed by atoms with Crippen molar-refractivity contribution in [3.05, 3.63) is 24.3 Å². The van der Waals surface area contributed by atoms with Gasteiger partial charge in [-0.2, -0.15) is 0 Å². The van der Waals surface area contributed by atoms with Crippen LogP contribution < -0.4 is 5.32 Å². The van der Waals surface area contributed by atoms with Gasteiger partial charge in [-0.1, -0.05) is 12.2 Å². The van der Waals surface area contributed by atoms with Gasteiger partial charge in [0.1, 0.15) is 0 Å². The third kappa shape index (κ3) is 4.53. The maximum absolute atomic E-state index is 12.0. The molecular formula is C16H22N2O4. The molecule has 0 bridgehead atoms. The Morgan fingerprint density at radius 1 is 1.18 bits per heavy atom. The lowest BCUT2D eigenvalue weighted by Crippen LogP contribution is -2.41. The summed E-state index contributed by atoms with van der Waals surface area (Å²) in [6, 6.07) is 0. The minimum atomic E-state index is -0.963. The lowest BCUT2D eigenvalue weighted by molar-refractivity contribution is -0.137. The summed E-state index contributed by atoms with van der Waals surface area (Å²) >= 11 is 0. The number of nitrogens with one attached hydrogen (secondary N) is 1. The van der Waals surface area contributed by atoms with E-state index in [0.717, 1.165) is 24.2 Å². The Bertz CT molecular complexity index is 494. The number of carbonyl (C=O) groups is 3. The van der Waals surface area contributed by atoms with Crippen LogP contribution in [0.25, 0.3) is 0 Å². The van der Waals surface area contributed by atoms with E-state index in [-0.39, 0.29) is 37.2 Å². The average molecular weight is 306 g/mol. The smallest absolute Gasteiger partial charge is 0.253 e. The minimum Gasteiger partial charge on any atom is -0.389 e. The largest absolute Gasteiger partial charge is 0.389 e. The fourth-order valence-electron chi connectivity index (χ4n) is 2.76. The first-order valence-corrected chi connectivity index (χ1v) is 7.68. The molecule has 0 fully saturated rings. The second kappa shape index (κ2) is 7.35. The van der Waals surface area contributed by atoms with Crippen LogP contribution in [0.5, 0.6) is 0 Å². The van der Waals surface area contributed by atoms with Crippen LogP contribution in [0.2, 0.25) is 0 Å². The van der Waals surface area contributed by atoms with E-state index in [1.54, 1.807) is 0 Å². The zero-order valence-corrected chi connectivity index (χ0v) is 12.6. The molecule has 0 saturated carbocycles. The van der Waals surface area contributed by atoms with E-state index < -0.39 is 5.60 Å². The normalized spacial score (nSPS) is 26.7. The highest BCUT2D eigenvalue weighted by molar-refractivity contribution is 6.12. The van der Waals surface area contributed by atoms with Crippen molar-refractivity contribution in [2.24, 2.45) is 0 Å². The van der Waals surface area contributed by atoms with Gasteiger partial charge < -0.3 is 10.4 Å². The van der Waals surface area contributed by atoms with Crippen LogP contribution in [0.3, 0.4) is 0 Å². The number of amides is 3. The number of hydrogen-bond donors (Lipinski definition) is 2. The Hall–Kier alpha value is -1.95. The zero-order valence-electron chi connectivity index (χ0n) is 12.6. The Kier molecular flexibility index (Phi) is 5.49. The summed E-state index contributed by atoms with van der Waals surface area (Å²) < 4.78 is 0. The fraction of sp³-hybridized carbons (Fsp3) is 0.562. The Labute approximate surface area is 129 Å². The molecule has 0 spiro atoms. The van der Waals surface area contributed by atoms with Crippen molar-refractivity contribution in [2.75, 3.05) is 13.1 Å². The zero-order chi connectivity index (χ0) is 16.0. The summed E-state index contributed by atoms with van der Waals surface area (Å²) in [4.78, 5) is 35.8. The highest BCUT2D eigenvalue weighted by atomic mass is 16.3. The quantitative estimate of drug-likeness (QED) is 0.577. The van der Waals surface area contributed by atoms with E-state index in [1.807, 2.05) is 6.08 Å². The molecule has 2 rings (SSSR count). The molecule has 1 aliphatic heterocycles. The number of carbonyl (C=O) groups excluding carboxylic acids is 3. The van der Waals surface area contributed by atoms with Gasteiger partial charge in [-0.3, -0.25) is 19.3 Å². The third-order valence-corrected chi connectivity index (χ3v) is 4.00. The standard InChI is InChI=1S/C16H22N2O4/c19-13(12-16(22)8-4-2-1-3-5-9-16)17-10-11-18-14(20)6-7-15(18)21/h1-2,6-7,22H,3-5,8-12H2,(H,17,19)/b2-1-. The second-order valence-electron chi connectivity index (χ2n) is 5.81. The summed E-state index contributed by atoms with van der Waals surface area (Å²) in [5, 5.41) is 13.2. The summed E-state index contributed by atoms with van der Waals surface area (Å²) in [7, 11) is 0. The molecule has 1 aliphatic carbocycles. The molecule has 120 valence electrons. The van der Waals surface area contributed by atoms with Gasteiger partial charge >= 0.3 is 0 Å².